The van der Waals surface area contributed by atoms with Crippen LogP contribution < -0.4 is 0 Å². The Hall–Kier alpha value is -2.55. The summed E-state index contributed by atoms with van der Waals surface area (Å²) in [5.74, 6) is 0. The van der Waals surface area contributed by atoms with Crippen molar-refractivity contribution in [3.63, 3.8) is 0 Å². The van der Waals surface area contributed by atoms with Gasteiger partial charge in [-0.1, -0.05) is 119 Å². The molecule has 0 aliphatic rings. The fraction of sp³-hybridized carbons (Fsp3) is 0.444. The first-order valence-electron chi connectivity index (χ1n) is 11.0. The highest BCUT2D eigenvalue weighted by molar-refractivity contribution is 5.11. The summed E-state index contributed by atoms with van der Waals surface area (Å²) in [4.78, 5) is 11.1. The maximum atomic E-state index is 3.78. The normalized spacial score (nSPS) is 6.23. The third-order valence-electron chi connectivity index (χ3n) is 1.98. The molecule has 0 saturated heterocycles. The monoisotopic (exact) mass is 417 g/mol. The summed E-state index contributed by atoms with van der Waals surface area (Å²) in [6, 6.07) is 17.8. The van der Waals surface area contributed by atoms with E-state index in [-0.39, 0.29) is 7.43 Å². The summed E-state index contributed by atoms with van der Waals surface area (Å²) in [5, 5.41) is 0. The van der Waals surface area contributed by atoms with E-state index < -0.39 is 0 Å². The second-order valence-corrected chi connectivity index (χ2v) is 3.58. The van der Waals surface area contributed by atoms with Crippen molar-refractivity contribution in [2.45, 2.75) is 83.6 Å². The molecule has 0 atom stereocenters. The van der Waals surface area contributed by atoms with Crippen molar-refractivity contribution >= 4 is 0 Å². The van der Waals surface area contributed by atoms with Crippen molar-refractivity contribution < 1.29 is 0 Å². The van der Waals surface area contributed by atoms with Crippen LogP contribution in [0.1, 0.15) is 82.2 Å². The van der Waals surface area contributed by atoms with E-state index in [0.29, 0.717) is 0 Å². The van der Waals surface area contributed by atoms with Crippen LogP contribution in [0.25, 0.3) is 0 Å². The Kier molecular flexibility index (Phi) is 78.3. The number of aromatic nitrogens is 3. The van der Waals surface area contributed by atoms with Crippen LogP contribution in [0.3, 0.4) is 0 Å². The van der Waals surface area contributed by atoms with Crippen LogP contribution in [0.15, 0.2) is 85.7 Å². The average Bonchev–Trinajstić information content (AvgIpc) is 2.89. The SMILES string of the molecule is C.CC.CC.CC.CC.CC.Cc1ccccc1.c1ccncc1.c1cncnc1. The molecule has 3 aromatic rings. The summed E-state index contributed by atoms with van der Waals surface area (Å²) in [6.07, 6.45) is 8.38. The van der Waals surface area contributed by atoms with Gasteiger partial charge in [-0.3, -0.25) is 4.98 Å². The molecular weight excluding hydrogens is 366 g/mol. The summed E-state index contributed by atoms with van der Waals surface area (Å²) in [6.45, 7) is 22.1. The van der Waals surface area contributed by atoms with Crippen LogP contribution in [-0.2, 0) is 0 Å². The van der Waals surface area contributed by atoms with Gasteiger partial charge in [-0.2, -0.15) is 0 Å². The first kappa shape index (κ1) is 41.7. The predicted octanol–water partition coefficient (Wildman–Crippen LogP) is 9.32. The van der Waals surface area contributed by atoms with Crippen molar-refractivity contribution in [3.8, 4) is 0 Å². The lowest BCUT2D eigenvalue weighted by atomic mass is 10.2. The van der Waals surface area contributed by atoms with Crippen LogP contribution in [0.5, 0.6) is 0 Å². The third kappa shape index (κ3) is 50.0. The maximum absolute atomic E-state index is 3.78. The number of hydrogen-bond donors (Lipinski definition) is 0. The Balaban J connectivity index is -0.0000000590. The van der Waals surface area contributed by atoms with E-state index in [2.05, 4.69) is 34.0 Å². The van der Waals surface area contributed by atoms with Gasteiger partial charge in [-0.15, -0.1) is 0 Å². The fourth-order valence-corrected chi connectivity index (χ4v) is 1.10. The number of benzene rings is 1. The second kappa shape index (κ2) is 56.3. The van der Waals surface area contributed by atoms with Crippen LogP contribution in [0.4, 0.5) is 0 Å². The van der Waals surface area contributed by atoms with Crippen LogP contribution in [0, 0.1) is 6.92 Å². The third-order valence-corrected chi connectivity index (χ3v) is 1.98. The summed E-state index contributed by atoms with van der Waals surface area (Å²) < 4.78 is 0. The van der Waals surface area contributed by atoms with E-state index in [1.54, 1.807) is 30.9 Å². The topological polar surface area (TPSA) is 38.7 Å². The van der Waals surface area contributed by atoms with Gasteiger partial charge in [0, 0.05) is 24.8 Å². The maximum Gasteiger partial charge on any atom is 0.115 e. The van der Waals surface area contributed by atoms with E-state index in [9.17, 15) is 0 Å². The molecule has 0 bridgehead atoms. The predicted molar refractivity (Wildman–Crippen MR) is 141 cm³/mol. The highest BCUT2D eigenvalue weighted by Gasteiger charge is 1.72. The van der Waals surface area contributed by atoms with Gasteiger partial charge < -0.3 is 0 Å². The van der Waals surface area contributed by atoms with Crippen LogP contribution in [0.2, 0.25) is 0 Å². The summed E-state index contributed by atoms with van der Waals surface area (Å²) >= 11 is 0. The number of rotatable bonds is 0. The molecule has 0 radical (unpaired) electrons. The minimum atomic E-state index is 0. The summed E-state index contributed by atoms with van der Waals surface area (Å²) in [7, 11) is 0. The lowest BCUT2D eigenvalue weighted by molar-refractivity contribution is 1.17. The minimum absolute atomic E-state index is 0. The molecular formula is C27H51N3. The first-order valence-corrected chi connectivity index (χ1v) is 11.0. The Morgan fingerprint density at radius 3 is 0.900 bits per heavy atom. The quantitative estimate of drug-likeness (QED) is 0.365. The lowest BCUT2D eigenvalue weighted by Gasteiger charge is -1.82. The molecule has 2 heterocycles. The van der Waals surface area contributed by atoms with Crippen LogP contribution >= 0.6 is 0 Å². The smallest absolute Gasteiger partial charge is 0.115 e. The molecule has 0 fully saturated rings. The van der Waals surface area contributed by atoms with Gasteiger partial charge in [0.1, 0.15) is 6.33 Å². The molecule has 174 valence electrons. The fourth-order valence-electron chi connectivity index (χ4n) is 1.10. The molecule has 2 aromatic heterocycles. The van der Waals surface area contributed by atoms with Crippen molar-refractivity contribution in [1.29, 1.82) is 0 Å². The second-order valence-electron chi connectivity index (χ2n) is 3.58. The lowest BCUT2D eigenvalue weighted by Crippen LogP contribution is -1.66. The molecule has 3 nitrogen and oxygen atoms in total. The Labute approximate surface area is 190 Å². The van der Waals surface area contributed by atoms with Gasteiger partial charge in [0.2, 0.25) is 0 Å². The van der Waals surface area contributed by atoms with Crippen LogP contribution in [-0.4, -0.2) is 15.0 Å². The molecule has 30 heavy (non-hydrogen) atoms. The zero-order valence-electron chi connectivity index (χ0n) is 20.9. The summed E-state index contributed by atoms with van der Waals surface area (Å²) in [5.41, 5.74) is 1.32. The van der Waals surface area contributed by atoms with Crippen molar-refractivity contribution in [2.75, 3.05) is 0 Å². The van der Waals surface area contributed by atoms with Gasteiger partial charge in [-0.25, -0.2) is 9.97 Å². The van der Waals surface area contributed by atoms with E-state index in [1.807, 2.05) is 106 Å². The molecule has 0 aliphatic carbocycles. The molecule has 0 saturated carbocycles. The van der Waals surface area contributed by atoms with E-state index in [4.69, 9.17) is 0 Å². The van der Waals surface area contributed by atoms with Gasteiger partial charge in [-0.05, 0) is 25.1 Å². The van der Waals surface area contributed by atoms with Gasteiger partial charge in [0.05, 0.1) is 0 Å². The van der Waals surface area contributed by atoms with E-state index in [1.165, 1.54) is 11.9 Å². The number of nitrogens with zero attached hydrogens (tertiary/aromatic N) is 3. The Bertz CT molecular complexity index is 415. The van der Waals surface area contributed by atoms with Gasteiger partial charge >= 0.3 is 0 Å². The molecule has 3 heteroatoms. The van der Waals surface area contributed by atoms with E-state index in [0.717, 1.165) is 0 Å². The number of pyridine rings is 1. The Morgan fingerprint density at radius 2 is 0.767 bits per heavy atom. The minimum Gasteiger partial charge on any atom is -0.265 e. The highest BCUT2D eigenvalue weighted by Crippen LogP contribution is 1.92. The number of hydrogen-bond acceptors (Lipinski definition) is 3. The zero-order valence-corrected chi connectivity index (χ0v) is 20.9. The van der Waals surface area contributed by atoms with Gasteiger partial charge in [0.25, 0.3) is 0 Å². The Morgan fingerprint density at radius 1 is 0.433 bits per heavy atom. The first-order chi connectivity index (χ1) is 14.4. The van der Waals surface area contributed by atoms with Crippen molar-refractivity contribution in [1.82, 2.24) is 15.0 Å². The molecule has 0 unspecified atom stereocenters. The van der Waals surface area contributed by atoms with Crippen molar-refractivity contribution in [2.24, 2.45) is 0 Å². The average molecular weight is 418 g/mol. The molecule has 0 N–H and O–H groups in total. The van der Waals surface area contributed by atoms with E-state index >= 15 is 0 Å². The van der Waals surface area contributed by atoms with Gasteiger partial charge in [0.15, 0.2) is 0 Å². The largest absolute Gasteiger partial charge is 0.265 e. The molecule has 0 aliphatic heterocycles. The number of aryl methyl sites for hydroxylation is 1. The molecule has 0 amide bonds. The van der Waals surface area contributed by atoms with Crippen molar-refractivity contribution in [3.05, 3.63) is 91.3 Å². The molecule has 1 aromatic carbocycles. The molecule has 3 rings (SSSR count). The molecule has 0 spiro atoms. The standard InChI is InChI=1S/C7H8.C5H5N.C4H4N2.5C2H6.CH4/c1-7-5-3-2-4-6-7;1-2-4-6-5-3-1;1-2-5-4-6-3-1;5*1-2;/h2-6H,1H3;1-5H;1-4H;5*1-2H3;1H4. The zero-order chi connectivity index (χ0) is 23.6. The highest BCUT2D eigenvalue weighted by atomic mass is 14.8.